The first-order valence-electron chi connectivity index (χ1n) is 34.5. The van der Waals surface area contributed by atoms with Crippen molar-refractivity contribution in [3.8, 4) is 0 Å². The van der Waals surface area contributed by atoms with Crippen LogP contribution in [0, 0.1) is 0 Å². The second-order valence-corrected chi connectivity index (χ2v) is 26.5. The van der Waals surface area contributed by atoms with Gasteiger partial charge in [0.05, 0.1) is 68.5 Å². The number of rotatable bonds is 51. The van der Waals surface area contributed by atoms with E-state index in [0.717, 1.165) is 20.0 Å². The first kappa shape index (κ1) is 73.6. The molecular weight excluding hydrogens is 943 g/mol. The smallest absolute Gasteiger partial charge is 0.132 e. The van der Waals surface area contributed by atoms with Gasteiger partial charge in [-0.25, -0.2) is 0 Å². The lowest BCUT2D eigenvalue weighted by atomic mass is 10.0. The van der Waals surface area contributed by atoms with Crippen LogP contribution in [0.3, 0.4) is 0 Å². The maximum atomic E-state index is 2.39. The van der Waals surface area contributed by atoms with Crippen LogP contribution in [0.15, 0.2) is 91.0 Å². The summed E-state index contributed by atoms with van der Waals surface area (Å²) in [5.41, 5.74) is 4.37. The van der Waals surface area contributed by atoms with Gasteiger partial charge in [-0.2, -0.15) is 0 Å². The number of unbranched alkanes of at least 4 members (excludes halogenated alkanes) is 39. The molecule has 0 fully saturated rings. The number of hydrogen-bond donors (Lipinski definition) is 0. The van der Waals surface area contributed by atoms with E-state index in [9.17, 15) is 0 Å². The van der Waals surface area contributed by atoms with Gasteiger partial charge in [-0.15, -0.1) is 0 Å². The Balaban J connectivity index is 0.000000585. The Morgan fingerprint density at radius 3 is 0.782 bits per heavy atom. The largest absolute Gasteiger partial charge is 0.328 e. The predicted octanol–water partition coefficient (Wildman–Crippen LogP) is 23.3. The fourth-order valence-corrected chi connectivity index (χ4v) is 11.5. The number of quaternary nitrogens is 3. The summed E-state index contributed by atoms with van der Waals surface area (Å²) in [6.07, 6.45) is 61.7. The molecule has 0 saturated carbocycles. The SMILES string of the molecule is CCCCCCCCCCCCCCCC[N+](C)(C)CCc1ccccc1.CCCCCCCCCCCCCCCC[N+](C)(C)Cc1ccccc1.CCCCCCCCCCCCCCCC[N+](C)(C)c1ccccc1. The number of nitrogens with zero attached hydrogens (tertiary/aromatic N) is 3. The van der Waals surface area contributed by atoms with E-state index in [4.69, 9.17) is 0 Å². The minimum absolute atomic E-state index is 1.01. The van der Waals surface area contributed by atoms with Gasteiger partial charge in [-0.3, -0.25) is 4.48 Å². The van der Waals surface area contributed by atoms with E-state index in [-0.39, 0.29) is 0 Å². The second kappa shape index (κ2) is 52.6. The van der Waals surface area contributed by atoms with Crippen LogP contribution >= 0.6 is 0 Å². The Bertz CT molecular complexity index is 1620. The van der Waals surface area contributed by atoms with E-state index in [1.54, 1.807) is 0 Å². The molecule has 0 saturated heterocycles. The molecule has 0 aliphatic rings. The highest BCUT2D eigenvalue weighted by molar-refractivity contribution is 5.40. The summed E-state index contributed by atoms with van der Waals surface area (Å²) >= 11 is 0. The van der Waals surface area contributed by atoms with Crippen molar-refractivity contribution in [1.29, 1.82) is 0 Å². The fourth-order valence-electron chi connectivity index (χ4n) is 11.5. The van der Waals surface area contributed by atoms with E-state index in [2.05, 4.69) is 154 Å². The summed E-state index contributed by atoms with van der Waals surface area (Å²) in [6, 6.07) is 32.8. The molecule has 0 atom stereocenters. The highest BCUT2D eigenvalue weighted by Crippen LogP contribution is 2.21. The lowest BCUT2D eigenvalue weighted by molar-refractivity contribution is -0.903. The molecule has 0 amide bonds. The monoisotopic (exact) mass is 1080 g/mol. The van der Waals surface area contributed by atoms with Gasteiger partial charge in [-0.1, -0.05) is 331 Å². The van der Waals surface area contributed by atoms with E-state index < -0.39 is 0 Å². The summed E-state index contributed by atoms with van der Waals surface area (Å²) in [4.78, 5) is 0. The molecule has 0 bridgehead atoms. The maximum Gasteiger partial charge on any atom is 0.132 e. The van der Waals surface area contributed by atoms with E-state index in [0.29, 0.717) is 0 Å². The lowest BCUT2D eigenvalue weighted by Gasteiger charge is -2.30. The Labute approximate surface area is 490 Å². The summed E-state index contributed by atoms with van der Waals surface area (Å²) in [7, 11) is 14.2. The second-order valence-electron chi connectivity index (χ2n) is 26.5. The highest BCUT2D eigenvalue weighted by Gasteiger charge is 2.18. The average molecular weight is 1080 g/mol. The Morgan fingerprint density at radius 1 is 0.231 bits per heavy atom. The van der Waals surface area contributed by atoms with Crippen molar-refractivity contribution in [2.75, 3.05) is 68.5 Å². The summed E-state index contributed by atoms with van der Waals surface area (Å²) < 4.78 is 3.29. The molecule has 0 unspecified atom stereocenters. The zero-order chi connectivity index (χ0) is 56.8. The first-order chi connectivity index (χ1) is 37.9. The number of benzene rings is 3. The van der Waals surface area contributed by atoms with Crippen LogP contribution in [0.2, 0.25) is 0 Å². The topological polar surface area (TPSA) is 0 Å². The molecule has 3 aromatic rings. The van der Waals surface area contributed by atoms with Gasteiger partial charge in [0.1, 0.15) is 12.2 Å². The van der Waals surface area contributed by atoms with Gasteiger partial charge >= 0.3 is 0 Å². The number of para-hydroxylation sites is 1. The van der Waals surface area contributed by atoms with Crippen LogP contribution in [-0.2, 0) is 13.0 Å². The van der Waals surface area contributed by atoms with Gasteiger partial charge in [0.2, 0.25) is 0 Å². The summed E-state index contributed by atoms with van der Waals surface area (Å²) in [5, 5.41) is 0. The third kappa shape index (κ3) is 48.3. The first-order valence-corrected chi connectivity index (χ1v) is 34.5. The Kier molecular flexibility index (Phi) is 49.6. The van der Waals surface area contributed by atoms with Crippen LogP contribution in [0.1, 0.15) is 302 Å². The maximum absolute atomic E-state index is 2.39. The van der Waals surface area contributed by atoms with Crippen LogP contribution < -0.4 is 4.48 Å². The standard InChI is InChI=1S/C26H48N.C25H46N.C24H44N/c1-4-5-6-7-8-9-10-11-12-13-14-15-16-20-24-27(2,3)25-23-26-21-18-17-19-22-26;1-4-5-6-7-8-9-10-11-12-13-14-15-16-20-23-26(2,3)24-25-21-18-17-19-22-25;1-4-5-6-7-8-9-10-11-12-13-14-15-16-20-23-25(2,3)24-21-18-17-19-22-24/h17-19,21-22H,4-16,20,23-25H2,1-3H3;17-19,21-22H,4-16,20,23-24H2,1-3H3;17-19,21-22H,4-16,20,23H2,1-3H3/q3*+1. The van der Waals surface area contributed by atoms with Gasteiger partial charge < -0.3 is 8.97 Å². The lowest BCUT2D eigenvalue weighted by Crippen LogP contribution is -2.42. The third-order valence-corrected chi connectivity index (χ3v) is 17.1. The van der Waals surface area contributed by atoms with Crippen molar-refractivity contribution < 1.29 is 8.97 Å². The summed E-state index contributed by atoms with van der Waals surface area (Å²) in [5.74, 6) is 0. The fraction of sp³-hybridized carbons (Fsp3) is 0.760. The molecule has 450 valence electrons. The van der Waals surface area contributed by atoms with Gasteiger partial charge in [0.15, 0.2) is 0 Å². The highest BCUT2D eigenvalue weighted by atomic mass is 15.3. The van der Waals surface area contributed by atoms with Gasteiger partial charge in [0, 0.05) is 12.0 Å². The van der Waals surface area contributed by atoms with E-state index >= 15 is 0 Å². The van der Waals surface area contributed by atoms with Crippen molar-refractivity contribution in [3.63, 3.8) is 0 Å². The van der Waals surface area contributed by atoms with E-state index in [1.165, 1.54) is 319 Å². The van der Waals surface area contributed by atoms with E-state index in [1.807, 2.05) is 0 Å². The predicted molar refractivity (Wildman–Crippen MR) is 355 cm³/mol. The van der Waals surface area contributed by atoms with Crippen molar-refractivity contribution in [2.45, 2.75) is 303 Å². The van der Waals surface area contributed by atoms with Crippen molar-refractivity contribution in [2.24, 2.45) is 0 Å². The molecular formula is C75H138N3+3. The van der Waals surface area contributed by atoms with Crippen LogP contribution in [0.25, 0.3) is 0 Å². The number of hydrogen-bond acceptors (Lipinski definition) is 0. The zero-order valence-electron chi connectivity index (χ0n) is 54.4. The van der Waals surface area contributed by atoms with Crippen LogP contribution in [0.4, 0.5) is 5.69 Å². The Morgan fingerprint density at radius 2 is 0.474 bits per heavy atom. The molecule has 78 heavy (non-hydrogen) atoms. The van der Waals surface area contributed by atoms with Crippen molar-refractivity contribution in [1.82, 2.24) is 4.48 Å². The van der Waals surface area contributed by atoms with Crippen molar-refractivity contribution in [3.05, 3.63) is 102 Å². The molecule has 3 nitrogen and oxygen atoms in total. The van der Waals surface area contributed by atoms with Crippen LogP contribution in [0.5, 0.6) is 0 Å². The number of likely N-dealkylation sites (N-methyl/N-ethyl adjacent to an activating group) is 1. The molecule has 0 N–H and O–H groups in total. The minimum atomic E-state index is 1.01. The van der Waals surface area contributed by atoms with Gasteiger partial charge in [-0.05, 0) is 56.2 Å². The van der Waals surface area contributed by atoms with Crippen molar-refractivity contribution >= 4 is 5.69 Å². The average Bonchev–Trinajstić information content (AvgIpc) is 3.44. The molecule has 0 heterocycles. The molecule has 0 radical (unpaired) electrons. The zero-order valence-corrected chi connectivity index (χ0v) is 54.4. The molecule has 3 rings (SSSR count). The van der Waals surface area contributed by atoms with Crippen LogP contribution in [-0.4, -0.2) is 77.4 Å². The normalized spacial score (nSPS) is 11.8. The third-order valence-electron chi connectivity index (χ3n) is 17.1. The minimum Gasteiger partial charge on any atom is -0.328 e. The molecule has 3 aromatic carbocycles. The quantitative estimate of drug-likeness (QED) is 0.0390. The molecule has 0 spiro atoms. The molecule has 3 heteroatoms. The summed E-state index contributed by atoms with van der Waals surface area (Å²) in [6.45, 7) is 13.2. The van der Waals surface area contributed by atoms with Gasteiger partial charge in [0.25, 0.3) is 0 Å². The molecule has 0 aliphatic heterocycles. The Hall–Kier alpha value is -2.46. The molecule has 0 aromatic heterocycles. The molecule has 0 aliphatic carbocycles.